The number of benzene rings is 1. The number of carbonyl (C=O) groups is 1. The van der Waals surface area contributed by atoms with E-state index in [0.717, 1.165) is 80.4 Å². The number of aromatic nitrogens is 1. The van der Waals surface area contributed by atoms with Crippen LogP contribution in [-0.4, -0.2) is 27.6 Å². The van der Waals surface area contributed by atoms with Gasteiger partial charge in [0, 0.05) is 35.1 Å². The average molecular weight is 432 g/mol. The predicted molar refractivity (Wildman–Crippen MR) is 125 cm³/mol. The second kappa shape index (κ2) is 8.08. The molecule has 3 aliphatic rings. The third-order valence-electron chi connectivity index (χ3n) is 7.57. The van der Waals surface area contributed by atoms with E-state index in [2.05, 4.69) is 35.9 Å². The molecule has 0 atom stereocenters. The summed E-state index contributed by atoms with van der Waals surface area (Å²) in [6.45, 7) is 4.38. The molecule has 0 saturated heterocycles. The Kier molecular flexibility index (Phi) is 5.37. The summed E-state index contributed by atoms with van der Waals surface area (Å²) in [6.07, 6.45) is 9.02. The molecule has 0 radical (unpaired) electrons. The molecule has 1 aromatic carbocycles. The minimum absolute atomic E-state index is 0.0423. The fourth-order valence-electron chi connectivity index (χ4n) is 6.03. The maximum absolute atomic E-state index is 13.2. The molecule has 1 saturated carbocycles. The lowest BCUT2D eigenvalue weighted by molar-refractivity contribution is 0.0910. The molecule has 32 heavy (non-hydrogen) atoms. The van der Waals surface area contributed by atoms with Gasteiger partial charge in [0.05, 0.1) is 17.4 Å². The highest BCUT2D eigenvalue weighted by atomic mass is 16.3. The van der Waals surface area contributed by atoms with Gasteiger partial charge in [-0.05, 0) is 87.0 Å². The minimum Gasteiger partial charge on any atom is -0.393 e. The van der Waals surface area contributed by atoms with Crippen molar-refractivity contribution in [2.75, 3.05) is 5.32 Å². The second-order valence-corrected chi connectivity index (χ2v) is 10.7. The maximum atomic E-state index is 13.2. The zero-order valence-electron chi connectivity index (χ0n) is 19.2. The Balaban J connectivity index is 1.59. The van der Waals surface area contributed by atoms with Crippen LogP contribution in [0.25, 0.3) is 5.69 Å². The quantitative estimate of drug-likeness (QED) is 0.709. The number of fused-ring (bicyclic) bond motifs is 3. The Hall–Kier alpha value is -2.58. The summed E-state index contributed by atoms with van der Waals surface area (Å²) < 4.78 is 2.35. The standard InChI is InChI=1S/C27H33N3O2/c1-27(2)14-24-26(25(32)15-27)21-5-3-4-6-23(21)30(24)19-10-7-17(16-28)22(13-19)29-18-8-11-20(31)12-9-18/h7,10,13,18,20,29,31H,3-6,8-9,11-12,14-15H2,1-2H3. The van der Waals surface area contributed by atoms with Gasteiger partial charge in [-0.3, -0.25) is 4.79 Å². The number of Topliss-reactive ketones (excluding diaryl/α,β-unsaturated/α-hetero) is 1. The summed E-state index contributed by atoms with van der Waals surface area (Å²) in [5.41, 5.74) is 7.22. The Morgan fingerprint density at radius 1 is 1.09 bits per heavy atom. The van der Waals surface area contributed by atoms with Crippen LogP contribution >= 0.6 is 0 Å². The number of hydrogen-bond acceptors (Lipinski definition) is 4. The normalized spacial score (nSPS) is 24.4. The largest absolute Gasteiger partial charge is 0.393 e. The highest BCUT2D eigenvalue weighted by molar-refractivity contribution is 6.01. The number of carbonyl (C=O) groups excluding carboxylic acids is 1. The summed E-state index contributed by atoms with van der Waals surface area (Å²) in [5, 5.41) is 23.2. The third kappa shape index (κ3) is 3.75. The van der Waals surface area contributed by atoms with Crippen LogP contribution in [0.3, 0.4) is 0 Å². The van der Waals surface area contributed by atoms with Gasteiger partial charge < -0.3 is 15.0 Å². The van der Waals surface area contributed by atoms with Gasteiger partial charge in [-0.15, -0.1) is 0 Å². The highest BCUT2D eigenvalue weighted by Crippen LogP contribution is 2.42. The second-order valence-electron chi connectivity index (χ2n) is 10.7. The van der Waals surface area contributed by atoms with Crippen LogP contribution in [0.2, 0.25) is 0 Å². The van der Waals surface area contributed by atoms with Crippen molar-refractivity contribution in [2.24, 2.45) is 5.41 Å². The maximum Gasteiger partial charge on any atom is 0.165 e. The molecule has 1 fully saturated rings. The number of ketones is 1. The molecule has 0 unspecified atom stereocenters. The van der Waals surface area contributed by atoms with Gasteiger partial charge in [0.2, 0.25) is 0 Å². The van der Waals surface area contributed by atoms with Gasteiger partial charge in [-0.25, -0.2) is 0 Å². The molecule has 1 heterocycles. The lowest BCUT2D eigenvalue weighted by Crippen LogP contribution is -2.29. The van der Waals surface area contributed by atoms with Crippen LogP contribution in [0.15, 0.2) is 18.2 Å². The van der Waals surface area contributed by atoms with E-state index in [0.29, 0.717) is 17.8 Å². The molecule has 0 bridgehead atoms. The first-order valence-electron chi connectivity index (χ1n) is 12.1. The van der Waals surface area contributed by atoms with E-state index in [1.54, 1.807) is 0 Å². The summed E-state index contributed by atoms with van der Waals surface area (Å²) >= 11 is 0. The number of anilines is 1. The summed E-state index contributed by atoms with van der Waals surface area (Å²) in [6, 6.07) is 8.66. The topological polar surface area (TPSA) is 78.0 Å². The lowest BCUT2D eigenvalue weighted by Gasteiger charge is -2.30. The monoisotopic (exact) mass is 431 g/mol. The molecule has 168 valence electrons. The number of aliphatic hydroxyl groups is 1. The van der Waals surface area contributed by atoms with E-state index >= 15 is 0 Å². The molecular formula is C27H33N3O2. The third-order valence-corrected chi connectivity index (χ3v) is 7.57. The predicted octanol–water partition coefficient (Wildman–Crippen LogP) is 5.10. The van der Waals surface area contributed by atoms with E-state index in [1.165, 1.54) is 11.3 Å². The van der Waals surface area contributed by atoms with Crippen molar-refractivity contribution in [1.82, 2.24) is 4.57 Å². The Bertz CT molecular complexity index is 1100. The van der Waals surface area contributed by atoms with Crippen molar-refractivity contribution in [3.63, 3.8) is 0 Å². The van der Waals surface area contributed by atoms with Crippen molar-refractivity contribution in [1.29, 1.82) is 5.26 Å². The molecule has 1 aromatic heterocycles. The van der Waals surface area contributed by atoms with Gasteiger partial charge in [-0.2, -0.15) is 5.26 Å². The number of hydrogen-bond donors (Lipinski definition) is 2. The summed E-state index contributed by atoms with van der Waals surface area (Å²) in [4.78, 5) is 13.2. The Morgan fingerprint density at radius 2 is 1.84 bits per heavy atom. The van der Waals surface area contributed by atoms with Gasteiger partial charge in [0.25, 0.3) is 0 Å². The fraction of sp³-hybridized carbons (Fsp3) is 0.556. The molecule has 0 aliphatic heterocycles. The molecule has 0 amide bonds. The zero-order chi connectivity index (χ0) is 22.5. The number of nitrogens with one attached hydrogen (secondary N) is 1. The van der Waals surface area contributed by atoms with Crippen LogP contribution < -0.4 is 5.32 Å². The molecule has 2 aromatic rings. The van der Waals surface area contributed by atoms with Gasteiger partial charge in [0.15, 0.2) is 5.78 Å². The summed E-state index contributed by atoms with van der Waals surface area (Å²) in [7, 11) is 0. The van der Waals surface area contributed by atoms with Crippen molar-refractivity contribution >= 4 is 11.5 Å². The van der Waals surface area contributed by atoms with Crippen LogP contribution in [0.1, 0.15) is 91.7 Å². The first kappa shape index (κ1) is 21.3. The minimum atomic E-state index is -0.200. The number of aliphatic hydroxyl groups excluding tert-OH is 1. The zero-order valence-corrected chi connectivity index (χ0v) is 19.2. The number of rotatable bonds is 3. The SMILES string of the molecule is CC1(C)CC(=O)c2c3c(n(-c4ccc(C#N)c(NC5CCC(O)CC5)c4)c2C1)CCCC3. The molecule has 2 N–H and O–H groups in total. The van der Waals surface area contributed by atoms with Crippen molar-refractivity contribution in [2.45, 2.75) is 90.2 Å². The Labute approximate surface area is 190 Å². The van der Waals surface area contributed by atoms with Crippen molar-refractivity contribution in [3.8, 4) is 11.8 Å². The van der Waals surface area contributed by atoms with Gasteiger partial charge >= 0.3 is 0 Å². The first-order chi connectivity index (χ1) is 15.4. The molecule has 0 spiro atoms. The summed E-state index contributed by atoms with van der Waals surface area (Å²) in [5.74, 6) is 0.293. The van der Waals surface area contributed by atoms with E-state index in [1.807, 2.05) is 12.1 Å². The van der Waals surface area contributed by atoms with E-state index < -0.39 is 0 Å². The lowest BCUT2D eigenvalue weighted by atomic mass is 9.75. The smallest absolute Gasteiger partial charge is 0.165 e. The number of nitrogens with zero attached hydrogens (tertiary/aromatic N) is 2. The highest BCUT2D eigenvalue weighted by Gasteiger charge is 2.38. The van der Waals surface area contributed by atoms with E-state index in [4.69, 9.17) is 0 Å². The van der Waals surface area contributed by atoms with Crippen LogP contribution in [0.4, 0.5) is 5.69 Å². The fourth-order valence-corrected chi connectivity index (χ4v) is 6.03. The first-order valence-corrected chi connectivity index (χ1v) is 12.1. The van der Waals surface area contributed by atoms with Gasteiger partial charge in [-0.1, -0.05) is 13.8 Å². The van der Waals surface area contributed by atoms with Crippen LogP contribution in [0.5, 0.6) is 0 Å². The molecule has 5 nitrogen and oxygen atoms in total. The molecule has 5 rings (SSSR count). The van der Waals surface area contributed by atoms with Crippen molar-refractivity contribution in [3.05, 3.63) is 46.3 Å². The Morgan fingerprint density at radius 3 is 2.59 bits per heavy atom. The number of nitriles is 1. The van der Waals surface area contributed by atoms with E-state index in [-0.39, 0.29) is 17.6 Å². The molecule has 5 heteroatoms. The van der Waals surface area contributed by atoms with Crippen LogP contribution in [-0.2, 0) is 19.3 Å². The average Bonchev–Trinajstić information content (AvgIpc) is 3.08. The van der Waals surface area contributed by atoms with Crippen molar-refractivity contribution < 1.29 is 9.90 Å². The van der Waals surface area contributed by atoms with Crippen LogP contribution in [0, 0.1) is 16.7 Å². The molecule has 3 aliphatic carbocycles. The van der Waals surface area contributed by atoms with E-state index in [9.17, 15) is 15.2 Å². The van der Waals surface area contributed by atoms with Gasteiger partial charge in [0.1, 0.15) is 6.07 Å². The molecular weight excluding hydrogens is 398 g/mol.